The number of nitrogens with one attached hydrogen (secondary N) is 1. The van der Waals surface area contributed by atoms with Crippen molar-refractivity contribution in [2.75, 3.05) is 5.32 Å². The predicted molar refractivity (Wildman–Crippen MR) is 107 cm³/mol. The fourth-order valence-corrected chi connectivity index (χ4v) is 2.96. The highest BCUT2D eigenvalue weighted by atomic mass is 79.9. The maximum Gasteiger partial charge on any atom is 0.265 e. The third kappa shape index (κ3) is 4.29. The Morgan fingerprint density at radius 2 is 1.73 bits per heavy atom. The molecule has 0 fully saturated rings. The molecule has 26 heavy (non-hydrogen) atoms. The molecule has 0 heterocycles. The van der Waals surface area contributed by atoms with Gasteiger partial charge in [0.05, 0.1) is 0 Å². The van der Waals surface area contributed by atoms with Crippen molar-refractivity contribution in [1.29, 1.82) is 0 Å². The largest absolute Gasteiger partial charge is 0.481 e. The van der Waals surface area contributed by atoms with E-state index in [1.165, 1.54) is 6.92 Å². The highest BCUT2D eigenvalue weighted by molar-refractivity contribution is 9.10. The van der Waals surface area contributed by atoms with Crippen molar-refractivity contribution < 1.29 is 14.3 Å². The van der Waals surface area contributed by atoms with E-state index in [0.29, 0.717) is 17.0 Å². The third-order valence-corrected chi connectivity index (χ3v) is 4.49. The molecule has 0 aliphatic rings. The normalized spacial score (nSPS) is 11.8. The lowest BCUT2D eigenvalue weighted by atomic mass is 10.1. The summed E-state index contributed by atoms with van der Waals surface area (Å²) in [5.41, 5.74) is 1.12. The van der Waals surface area contributed by atoms with E-state index < -0.39 is 6.10 Å². The number of anilines is 1. The summed E-state index contributed by atoms with van der Waals surface area (Å²) < 4.78 is 6.79. The Hall–Kier alpha value is -2.66. The molecule has 5 heteroatoms. The van der Waals surface area contributed by atoms with Gasteiger partial charge in [-0.25, -0.2) is 0 Å². The Kier molecular flexibility index (Phi) is 5.38. The van der Waals surface area contributed by atoms with Crippen LogP contribution in [0.25, 0.3) is 10.8 Å². The molecule has 0 aliphatic carbocycles. The predicted octanol–water partition coefficient (Wildman–Crippen LogP) is 5.21. The average molecular weight is 412 g/mol. The molecule has 1 N–H and O–H groups in total. The van der Waals surface area contributed by atoms with Crippen LogP contribution >= 0.6 is 15.9 Å². The molecule has 0 saturated heterocycles. The van der Waals surface area contributed by atoms with Crippen LogP contribution < -0.4 is 10.1 Å². The second kappa shape index (κ2) is 7.70. The lowest BCUT2D eigenvalue weighted by Gasteiger charge is -2.15. The van der Waals surface area contributed by atoms with Gasteiger partial charge < -0.3 is 10.1 Å². The molecule has 0 aromatic heterocycles. The number of hydrogen-bond acceptors (Lipinski definition) is 3. The van der Waals surface area contributed by atoms with Crippen LogP contribution in [0.5, 0.6) is 5.75 Å². The summed E-state index contributed by atoms with van der Waals surface area (Å²) in [6.45, 7) is 3.18. The van der Waals surface area contributed by atoms with Gasteiger partial charge in [-0.1, -0.05) is 40.2 Å². The number of hydrogen-bond donors (Lipinski definition) is 1. The van der Waals surface area contributed by atoms with E-state index in [1.807, 2.05) is 36.4 Å². The average Bonchev–Trinajstić information content (AvgIpc) is 2.62. The molecule has 0 saturated carbocycles. The molecule has 1 amide bonds. The van der Waals surface area contributed by atoms with Crippen LogP contribution in [0.2, 0.25) is 0 Å². The number of halogens is 1. The minimum atomic E-state index is -0.677. The Balaban J connectivity index is 1.70. The molecule has 1 atom stereocenters. The Labute approximate surface area is 160 Å². The molecule has 3 aromatic carbocycles. The van der Waals surface area contributed by atoms with Crippen LogP contribution in [0.15, 0.2) is 65.1 Å². The fraction of sp³-hybridized carbons (Fsp3) is 0.143. The van der Waals surface area contributed by atoms with Gasteiger partial charge >= 0.3 is 0 Å². The van der Waals surface area contributed by atoms with E-state index in [4.69, 9.17) is 4.74 Å². The van der Waals surface area contributed by atoms with Crippen molar-refractivity contribution in [3.05, 3.63) is 70.7 Å². The first-order valence-electron chi connectivity index (χ1n) is 8.20. The van der Waals surface area contributed by atoms with Crippen molar-refractivity contribution in [1.82, 2.24) is 0 Å². The first kappa shape index (κ1) is 18.1. The standard InChI is InChI=1S/C21H18BrNO3/c1-13(24)15-4-3-5-19(11-15)23-21(25)14(2)26-20-9-7-16-10-18(22)8-6-17(16)12-20/h3-12,14H,1-2H3,(H,23,25)/t14-/m1/s1. The number of benzene rings is 3. The number of fused-ring (bicyclic) bond motifs is 1. The van der Waals surface area contributed by atoms with E-state index >= 15 is 0 Å². The highest BCUT2D eigenvalue weighted by Crippen LogP contribution is 2.25. The van der Waals surface area contributed by atoms with Gasteiger partial charge in [0.1, 0.15) is 5.75 Å². The minimum Gasteiger partial charge on any atom is -0.481 e. The van der Waals surface area contributed by atoms with Crippen LogP contribution in [-0.2, 0) is 4.79 Å². The zero-order valence-electron chi connectivity index (χ0n) is 14.5. The van der Waals surface area contributed by atoms with Crippen LogP contribution in [0.1, 0.15) is 24.2 Å². The number of ether oxygens (including phenoxy) is 1. The van der Waals surface area contributed by atoms with Crippen molar-refractivity contribution in [3.8, 4) is 5.75 Å². The van der Waals surface area contributed by atoms with Crippen molar-refractivity contribution in [2.24, 2.45) is 0 Å². The molecular weight excluding hydrogens is 394 g/mol. The first-order valence-corrected chi connectivity index (χ1v) is 8.99. The molecule has 3 rings (SSSR count). The topological polar surface area (TPSA) is 55.4 Å². The smallest absolute Gasteiger partial charge is 0.265 e. The third-order valence-electron chi connectivity index (χ3n) is 3.99. The summed E-state index contributed by atoms with van der Waals surface area (Å²) in [6.07, 6.45) is -0.677. The molecule has 0 spiro atoms. The van der Waals surface area contributed by atoms with Gasteiger partial charge in [-0.3, -0.25) is 9.59 Å². The van der Waals surface area contributed by atoms with E-state index in [9.17, 15) is 9.59 Å². The quantitative estimate of drug-likeness (QED) is 0.586. The molecule has 4 nitrogen and oxygen atoms in total. The summed E-state index contributed by atoms with van der Waals surface area (Å²) in [6, 6.07) is 18.5. The molecule has 0 aliphatic heterocycles. The Morgan fingerprint density at radius 1 is 1.00 bits per heavy atom. The second-order valence-corrected chi connectivity index (χ2v) is 6.96. The van der Waals surface area contributed by atoms with Crippen LogP contribution in [0, 0.1) is 0 Å². The lowest BCUT2D eigenvalue weighted by Crippen LogP contribution is -2.30. The zero-order chi connectivity index (χ0) is 18.7. The number of Topliss-reactive ketones (excluding diaryl/α,β-unsaturated/α-hetero) is 1. The van der Waals surface area contributed by atoms with E-state index in [1.54, 1.807) is 31.2 Å². The van der Waals surface area contributed by atoms with Gasteiger partial charge in [-0.05, 0) is 61.0 Å². The molecule has 132 valence electrons. The van der Waals surface area contributed by atoms with Gasteiger partial charge in [0.25, 0.3) is 5.91 Å². The summed E-state index contributed by atoms with van der Waals surface area (Å²) in [4.78, 5) is 23.8. The van der Waals surface area contributed by atoms with E-state index in [-0.39, 0.29) is 11.7 Å². The number of amides is 1. The maximum atomic E-state index is 12.4. The number of ketones is 1. The Bertz CT molecular complexity index is 984. The summed E-state index contributed by atoms with van der Waals surface area (Å²) >= 11 is 3.45. The van der Waals surface area contributed by atoms with Crippen LogP contribution in [-0.4, -0.2) is 17.8 Å². The fourth-order valence-electron chi connectivity index (χ4n) is 2.59. The molecule has 0 unspecified atom stereocenters. The van der Waals surface area contributed by atoms with E-state index in [2.05, 4.69) is 21.2 Å². The summed E-state index contributed by atoms with van der Waals surface area (Å²) in [5.74, 6) is 0.301. The number of carbonyl (C=O) groups excluding carboxylic acids is 2. The van der Waals surface area contributed by atoms with Gasteiger partial charge in [-0.15, -0.1) is 0 Å². The molecular formula is C21H18BrNO3. The van der Waals surface area contributed by atoms with Crippen LogP contribution in [0.3, 0.4) is 0 Å². The van der Waals surface area contributed by atoms with Crippen molar-refractivity contribution >= 4 is 44.1 Å². The Morgan fingerprint density at radius 3 is 2.50 bits per heavy atom. The molecule has 0 bridgehead atoms. The monoisotopic (exact) mass is 411 g/mol. The second-order valence-electron chi connectivity index (χ2n) is 6.04. The zero-order valence-corrected chi connectivity index (χ0v) is 16.0. The van der Waals surface area contributed by atoms with Gasteiger partial charge in [0.2, 0.25) is 0 Å². The highest BCUT2D eigenvalue weighted by Gasteiger charge is 2.15. The van der Waals surface area contributed by atoms with Gasteiger partial charge in [0, 0.05) is 15.7 Å². The SMILES string of the molecule is CC(=O)c1cccc(NC(=O)[C@@H](C)Oc2ccc3cc(Br)ccc3c2)c1. The summed E-state index contributed by atoms with van der Waals surface area (Å²) in [7, 11) is 0. The molecule has 0 radical (unpaired) electrons. The summed E-state index contributed by atoms with van der Waals surface area (Å²) in [5, 5.41) is 4.90. The van der Waals surface area contributed by atoms with Crippen molar-refractivity contribution in [3.63, 3.8) is 0 Å². The minimum absolute atomic E-state index is 0.0480. The van der Waals surface area contributed by atoms with Gasteiger partial charge in [-0.2, -0.15) is 0 Å². The van der Waals surface area contributed by atoms with Crippen LogP contribution in [0.4, 0.5) is 5.69 Å². The first-order chi connectivity index (χ1) is 12.4. The number of rotatable bonds is 5. The van der Waals surface area contributed by atoms with Crippen molar-refractivity contribution in [2.45, 2.75) is 20.0 Å². The maximum absolute atomic E-state index is 12.4. The number of carbonyl (C=O) groups is 2. The van der Waals surface area contributed by atoms with E-state index in [0.717, 1.165) is 15.2 Å². The molecule has 3 aromatic rings. The lowest BCUT2D eigenvalue weighted by molar-refractivity contribution is -0.122. The van der Waals surface area contributed by atoms with Gasteiger partial charge in [0.15, 0.2) is 11.9 Å².